The summed E-state index contributed by atoms with van der Waals surface area (Å²) in [6, 6.07) is 0. The van der Waals surface area contributed by atoms with E-state index in [9.17, 15) is 9.59 Å². The predicted octanol–water partition coefficient (Wildman–Crippen LogP) is 1.31. The van der Waals surface area contributed by atoms with Gasteiger partial charge in [-0.1, -0.05) is 0 Å². The lowest BCUT2D eigenvalue weighted by atomic mass is 9.97. The summed E-state index contributed by atoms with van der Waals surface area (Å²) in [6.45, 7) is 4.16. The van der Waals surface area contributed by atoms with Crippen molar-refractivity contribution < 1.29 is 14.3 Å². The van der Waals surface area contributed by atoms with Crippen LogP contribution in [-0.2, 0) is 14.3 Å². The average Bonchev–Trinajstić information content (AvgIpc) is 2.39. The van der Waals surface area contributed by atoms with Gasteiger partial charge in [0.1, 0.15) is 0 Å². The van der Waals surface area contributed by atoms with Gasteiger partial charge in [-0.25, -0.2) is 4.84 Å². The number of rotatable bonds is 6. The SMILES string of the molecule is CCOC(=O)C1CCN(C(=O)CCCNCl)CC1. The molecule has 0 aromatic heterocycles. The molecule has 104 valence electrons. The first-order valence-electron chi connectivity index (χ1n) is 6.47. The van der Waals surface area contributed by atoms with Gasteiger partial charge in [-0.2, -0.15) is 0 Å². The lowest BCUT2D eigenvalue weighted by Crippen LogP contribution is -2.40. The number of amides is 1. The largest absolute Gasteiger partial charge is 0.466 e. The predicted molar refractivity (Wildman–Crippen MR) is 69.0 cm³/mol. The number of likely N-dealkylation sites (tertiary alicyclic amines) is 1. The molecule has 0 bridgehead atoms. The van der Waals surface area contributed by atoms with Crippen LogP contribution in [0.4, 0.5) is 0 Å². The van der Waals surface area contributed by atoms with Crippen molar-refractivity contribution in [2.45, 2.75) is 32.6 Å². The van der Waals surface area contributed by atoms with E-state index in [4.69, 9.17) is 16.5 Å². The quantitative estimate of drug-likeness (QED) is 0.451. The number of carbonyl (C=O) groups is 2. The molecule has 1 rings (SSSR count). The van der Waals surface area contributed by atoms with Gasteiger partial charge in [0.05, 0.1) is 12.5 Å². The van der Waals surface area contributed by atoms with Gasteiger partial charge in [0.25, 0.3) is 0 Å². The fraction of sp³-hybridized carbons (Fsp3) is 0.833. The zero-order valence-electron chi connectivity index (χ0n) is 10.8. The number of ether oxygens (including phenoxy) is 1. The molecule has 0 aromatic rings. The van der Waals surface area contributed by atoms with E-state index >= 15 is 0 Å². The second kappa shape index (κ2) is 8.32. The standard InChI is InChI=1S/C12H21ClN2O3/c1-2-18-12(17)10-5-8-15(9-6-10)11(16)4-3-7-14-13/h10,14H,2-9H2,1H3. The van der Waals surface area contributed by atoms with Crippen LogP contribution in [0.3, 0.4) is 0 Å². The maximum atomic E-state index is 11.8. The second-order valence-electron chi connectivity index (χ2n) is 4.39. The summed E-state index contributed by atoms with van der Waals surface area (Å²) in [5, 5.41) is 0. The molecule has 6 heteroatoms. The number of carbonyl (C=O) groups excluding carboxylic acids is 2. The summed E-state index contributed by atoms with van der Waals surface area (Å²) >= 11 is 5.33. The van der Waals surface area contributed by atoms with Gasteiger partial charge in [-0.15, -0.1) is 0 Å². The molecule has 1 N–H and O–H groups in total. The number of hydrogen-bond donors (Lipinski definition) is 1. The Balaban J connectivity index is 2.26. The average molecular weight is 277 g/mol. The fourth-order valence-corrected chi connectivity index (χ4v) is 2.22. The van der Waals surface area contributed by atoms with E-state index < -0.39 is 0 Å². The highest BCUT2D eigenvalue weighted by Crippen LogP contribution is 2.19. The number of nitrogens with one attached hydrogen (secondary N) is 1. The molecule has 1 aliphatic heterocycles. The van der Waals surface area contributed by atoms with Gasteiger partial charge >= 0.3 is 5.97 Å². The molecular formula is C12H21ClN2O3. The molecule has 0 radical (unpaired) electrons. The van der Waals surface area contributed by atoms with Crippen LogP contribution in [0.1, 0.15) is 32.6 Å². The second-order valence-corrected chi connectivity index (χ2v) is 4.66. The number of esters is 1. The summed E-state index contributed by atoms with van der Waals surface area (Å²) in [6.07, 6.45) is 2.65. The van der Waals surface area contributed by atoms with Crippen molar-refractivity contribution in [1.82, 2.24) is 9.74 Å². The molecule has 5 nitrogen and oxygen atoms in total. The minimum absolute atomic E-state index is 0.0430. The van der Waals surface area contributed by atoms with Crippen molar-refractivity contribution in [1.29, 1.82) is 0 Å². The van der Waals surface area contributed by atoms with E-state index in [1.165, 1.54) is 0 Å². The lowest BCUT2D eigenvalue weighted by Gasteiger charge is -2.31. The molecule has 0 atom stereocenters. The molecule has 1 heterocycles. The first-order valence-corrected chi connectivity index (χ1v) is 6.84. The maximum Gasteiger partial charge on any atom is 0.309 e. The van der Waals surface area contributed by atoms with E-state index in [1.807, 2.05) is 11.8 Å². The van der Waals surface area contributed by atoms with Crippen LogP contribution < -0.4 is 4.84 Å². The molecule has 1 amide bonds. The number of nitrogens with zero attached hydrogens (tertiary/aromatic N) is 1. The van der Waals surface area contributed by atoms with E-state index in [0.29, 0.717) is 45.5 Å². The first kappa shape index (κ1) is 15.2. The summed E-state index contributed by atoms with van der Waals surface area (Å²) in [5.74, 6) is -0.0290. The lowest BCUT2D eigenvalue weighted by molar-refractivity contribution is -0.151. The van der Waals surface area contributed by atoms with E-state index in [0.717, 1.165) is 6.42 Å². The molecule has 1 fully saturated rings. The molecule has 1 aliphatic rings. The summed E-state index contributed by atoms with van der Waals surface area (Å²) in [4.78, 5) is 27.7. The minimum atomic E-state index is -0.129. The zero-order valence-corrected chi connectivity index (χ0v) is 11.5. The van der Waals surface area contributed by atoms with Gasteiger partial charge in [0.2, 0.25) is 5.91 Å². The molecule has 0 saturated carbocycles. The molecule has 0 unspecified atom stereocenters. The zero-order chi connectivity index (χ0) is 13.4. The molecule has 0 aliphatic carbocycles. The van der Waals surface area contributed by atoms with Gasteiger partial charge in [0.15, 0.2) is 0 Å². The third kappa shape index (κ3) is 4.82. The Bertz CT molecular complexity index is 278. The third-order valence-electron chi connectivity index (χ3n) is 3.13. The van der Waals surface area contributed by atoms with Crippen molar-refractivity contribution in [3.8, 4) is 0 Å². The Morgan fingerprint density at radius 2 is 2.06 bits per heavy atom. The highest BCUT2D eigenvalue weighted by atomic mass is 35.5. The molecule has 0 spiro atoms. The molecular weight excluding hydrogens is 256 g/mol. The van der Waals surface area contributed by atoms with Crippen LogP contribution in [0.25, 0.3) is 0 Å². The van der Waals surface area contributed by atoms with Crippen molar-refractivity contribution >= 4 is 23.7 Å². The first-order chi connectivity index (χ1) is 8.69. The topological polar surface area (TPSA) is 58.6 Å². The maximum absolute atomic E-state index is 11.8. The van der Waals surface area contributed by atoms with Crippen LogP contribution in [0.2, 0.25) is 0 Å². The van der Waals surface area contributed by atoms with Gasteiger partial charge in [-0.05, 0) is 38.0 Å². The Morgan fingerprint density at radius 1 is 1.39 bits per heavy atom. The van der Waals surface area contributed by atoms with Crippen LogP contribution >= 0.6 is 11.8 Å². The Morgan fingerprint density at radius 3 is 2.61 bits per heavy atom. The van der Waals surface area contributed by atoms with Crippen LogP contribution in [0.5, 0.6) is 0 Å². The van der Waals surface area contributed by atoms with Gasteiger partial charge in [0, 0.05) is 26.1 Å². The van der Waals surface area contributed by atoms with Crippen molar-refractivity contribution in [3.63, 3.8) is 0 Å². The third-order valence-corrected chi connectivity index (χ3v) is 3.32. The van der Waals surface area contributed by atoms with Gasteiger partial charge < -0.3 is 9.64 Å². The normalized spacial score (nSPS) is 16.7. The van der Waals surface area contributed by atoms with Crippen LogP contribution in [0, 0.1) is 5.92 Å². The van der Waals surface area contributed by atoms with Crippen molar-refractivity contribution in [3.05, 3.63) is 0 Å². The Kier molecular flexibility index (Phi) is 7.05. The highest BCUT2D eigenvalue weighted by Gasteiger charge is 2.27. The number of hydrogen-bond acceptors (Lipinski definition) is 4. The molecule has 0 aromatic carbocycles. The van der Waals surface area contributed by atoms with Crippen LogP contribution in [0.15, 0.2) is 0 Å². The van der Waals surface area contributed by atoms with Crippen LogP contribution in [-0.4, -0.2) is 43.0 Å². The number of piperidine rings is 1. The monoisotopic (exact) mass is 276 g/mol. The van der Waals surface area contributed by atoms with E-state index in [-0.39, 0.29) is 17.8 Å². The minimum Gasteiger partial charge on any atom is -0.466 e. The summed E-state index contributed by atoms with van der Waals surface area (Å²) in [5.41, 5.74) is 0. The Labute approximate surface area is 113 Å². The summed E-state index contributed by atoms with van der Waals surface area (Å²) < 4.78 is 4.99. The van der Waals surface area contributed by atoms with Crippen molar-refractivity contribution in [2.24, 2.45) is 5.92 Å². The van der Waals surface area contributed by atoms with E-state index in [2.05, 4.69) is 4.84 Å². The fourth-order valence-electron chi connectivity index (χ4n) is 2.09. The smallest absolute Gasteiger partial charge is 0.309 e. The molecule has 1 saturated heterocycles. The van der Waals surface area contributed by atoms with Gasteiger partial charge in [-0.3, -0.25) is 9.59 Å². The summed E-state index contributed by atoms with van der Waals surface area (Å²) in [7, 11) is 0. The highest BCUT2D eigenvalue weighted by molar-refractivity contribution is 6.13. The number of halogens is 1. The van der Waals surface area contributed by atoms with Crippen molar-refractivity contribution in [2.75, 3.05) is 26.2 Å². The Hall–Kier alpha value is -0.810. The molecule has 18 heavy (non-hydrogen) atoms. The van der Waals surface area contributed by atoms with E-state index in [1.54, 1.807) is 0 Å².